The monoisotopic (exact) mass is 186 g/mol. The van der Waals surface area contributed by atoms with Gasteiger partial charge in [0.2, 0.25) is 5.91 Å². The van der Waals surface area contributed by atoms with Gasteiger partial charge in [-0.25, -0.2) is 0 Å². The predicted octanol–water partition coefficient (Wildman–Crippen LogP) is -0.109. The molecule has 0 radical (unpaired) electrons. The topological polar surface area (TPSA) is 50.4 Å². The molecule has 1 heterocycles. The van der Waals surface area contributed by atoms with Crippen molar-refractivity contribution in [3.05, 3.63) is 0 Å². The van der Waals surface area contributed by atoms with Crippen LogP contribution in [0.4, 0.5) is 0 Å². The van der Waals surface area contributed by atoms with Gasteiger partial charge in [-0.15, -0.1) is 0 Å². The summed E-state index contributed by atoms with van der Waals surface area (Å²) in [6, 6.07) is 0.343. The minimum absolute atomic E-state index is 0.144. The number of nitrogens with one attached hydrogen (secondary N) is 2. The molecule has 0 saturated carbocycles. The normalized spacial score (nSPS) is 21.8. The van der Waals surface area contributed by atoms with E-state index in [1.165, 1.54) is 0 Å². The summed E-state index contributed by atoms with van der Waals surface area (Å²) in [5, 5.41) is 6.19. The molecule has 13 heavy (non-hydrogen) atoms. The molecular weight excluding hydrogens is 168 g/mol. The lowest BCUT2D eigenvalue weighted by Crippen LogP contribution is -2.36. The third-order valence-electron chi connectivity index (χ3n) is 2.18. The Balaban J connectivity index is 2.02. The van der Waals surface area contributed by atoms with Gasteiger partial charge in [0.25, 0.3) is 0 Å². The van der Waals surface area contributed by atoms with E-state index >= 15 is 0 Å². The summed E-state index contributed by atoms with van der Waals surface area (Å²) in [7, 11) is 1.65. The first-order chi connectivity index (χ1) is 6.33. The first kappa shape index (κ1) is 10.5. The van der Waals surface area contributed by atoms with E-state index in [2.05, 4.69) is 10.6 Å². The van der Waals surface area contributed by atoms with E-state index in [-0.39, 0.29) is 5.91 Å². The summed E-state index contributed by atoms with van der Waals surface area (Å²) in [6.07, 6.45) is 2.43. The zero-order chi connectivity index (χ0) is 9.52. The van der Waals surface area contributed by atoms with Crippen LogP contribution >= 0.6 is 0 Å². The molecule has 0 spiro atoms. The minimum Gasteiger partial charge on any atom is -0.385 e. The molecule has 1 atom stereocenters. The van der Waals surface area contributed by atoms with Gasteiger partial charge in [-0.1, -0.05) is 0 Å². The van der Waals surface area contributed by atoms with Crippen LogP contribution in [-0.4, -0.2) is 38.8 Å². The first-order valence-corrected chi connectivity index (χ1v) is 4.82. The van der Waals surface area contributed by atoms with Crippen molar-refractivity contribution in [3.8, 4) is 0 Å². The molecule has 0 bridgehead atoms. The Hall–Kier alpha value is -0.610. The maximum Gasteiger partial charge on any atom is 0.220 e. The fourth-order valence-electron chi connectivity index (χ4n) is 1.45. The molecule has 0 aliphatic carbocycles. The van der Waals surface area contributed by atoms with Crippen molar-refractivity contribution >= 4 is 5.91 Å². The van der Waals surface area contributed by atoms with Crippen LogP contribution in [0.3, 0.4) is 0 Å². The van der Waals surface area contributed by atoms with E-state index in [0.29, 0.717) is 19.1 Å². The molecular formula is C9H18N2O2. The van der Waals surface area contributed by atoms with Gasteiger partial charge < -0.3 is 15.4 Å². The largest absolute Gasteiger partial charge is 0.385 e. The number of carbonyl (C=O) groups excluding carboxylic acids is 1. The van der Waals surface area contributed by atoms with Crippen LogP contribution in [-0.2, 0) is 9.53 Å². The van der Waals surface area contributed by atoms with Gasteiger partial charge in [-0.2, -0.15) is 0 Å². The van der Waals surface area contributed by atoms with E-state index in [4.69, 9.17) is 4.74 Å². The molecule has 2 N–H and O–H groups in total. The SMILES string of the molecule is COCCCC(=O)N[C@H]1CCNC1. The Bertz CT molecular complexity index is 156. The molecule has 1 rings (SSSR count). The number of ether oxygens (including phenoxy) is 1. The Morgan fingerprint density at radius 3 is 3.15 bits per heavy atom. The molecule has 4 nitrogen and oxygen atoms in total. The molecule has 0 aromatic carbocycles. The van der Waals surface area contributed by atoms with E-state index in [9.17, 15) is 4.79 Å². The fraction of sp³-hybridized carbons (Fsp3) is 0.889. The van der Waals surface area contributed by atoms with Crippen molar-refractivity contribution in [2.75, 3.05) is 26.8 Å². The lowest BCUT2D eigenvalue weighted by atomic mass is 10.2. The van der Waals surface area contributed by atoms with E-state index in [1.807, 2.05) is 0 Å². The van der Waals surface area contributed by atoms with Crippen molar-refractivity contribution < 1.29 is 9.53 Å². The van der Waals surface area contributed by atoms with Crippen molar-refractivity contribution in [2.24, 2.45) is 0 Å². The van der Waals surface area contributed by atoms with Gasteiger partial charge in [-0.3, -0.25) is 4.79 Å². The highest BCUT2D eigenvalue weighted by atomic mass is 16.5. The van der Waals surface area contributed by atoms with Crippen LogP contribution in [0.5, 0.6) is 0 Å². The van der Waals surface area contributed by atoms with Crippen LogP contribution in [0.15, 0.2) is 0 Å². The number of hydrogen-bond donors (Lipinski definition) is 2. The minimum atomic E-state index is 0.144. The summed E-state index contributed by atoms with van der Waals surface area (Å²) in [5.41, 5.74) is 0. The van der Waals surface area contributed by atoms with Crippen molar-refractivity contribution in [2.45, 2.75) is 25.3 Å². The third kappa shape index (κ3) is 4.24. The fourth-order valence-corrected chi connectivity index (χ4v) is 1.45. The average molecular weight is 186 g/mol. The second-order valence-electron chi connectivity index (χ2n) is 3.35. The molecule has 1 aliphatic rings. The van der Waals surface area contributed by atoms with Crippen LogP contribution in [0.2, 0.25) is 0 Å². The second kappa shape index (κ2) is 5.94. The summed E-state index contributed by atoms with van der Waals surface area (Å²) in [4.78, 5) is 11.3. The Morgan fingerprint density at radius 2 is 2.54 bits per heavy atom. The highest BCUT2D eigenvalue weighted by Gasteiger charge is 2.15. The number of hydrogen-bond acceptors (Lipinski definition) is 3. The van der Waals surface area contributed by atoms with Gasteiger partial charge in [0, 0.05) is 32.7 Å². The number of amides is 1. The van der Waals surface area contributed by atoms with Gasteiger partial charge in [-0.05, 0) is 19.4 Å². The van der Waals surface area contributed by atoms with Crippen LogP contribution in [0, 0.1) is 0 Å². The molecule has 4 heteroatoms. The predicted molar refractivity (Wildman–Crippen MR) is 50.5 cm³/mol. The molecule has 0 aromatic heterocycles. The molecule has 1 saturated heterocycles. The lowest BCUT2D eigenvalue weighted by molar-refractivity contribution is -0.122. The smallest absolute Gasteiger partial charge is 0.220 e. The average Bonchev–Trinajstić information content (AvgIpc) is 2.57. The van der Waals surface area contributed by atoms with Crippen molar-refractivity contribution in [3.63, 3.8) is 0 Å². The molecule has 1 amide bonds. The summed E-state index contributed by atoms with van der Waals surface area (Å²) in [5.74, 6) is 0.144. The standard InChI is InChI=1S/C9H18N2O2/c1-13-6-2-3-9(12)11-8-4-5-10-7-8/h8,10H,2-7H2,1H3,(H,11,12)/t8-/m0/s1. The first-order valence-electron chi connectivity index (χ1n) is 4.82. The summed E-state index contributed by atoms with van der Waals surface area (Å²) in [6.45, 7) is 2.59. The second-order valence-corrected chi connectivity index (χ2v) is 3.35. The quantitative estimate of drug-likeness (QED) is 0.589. The van der Waals surface area contributed by atoms with Crippen LogP contribution in [0.25, 0.3) is 0 Å². The number of methoxy groups -OCH3 is 1. The third-order valence-corrected chi connectivity index (χ3v) is 2.18. The zero-order valence-corrected chi connectivity index (χ0v) is 8.14. The summed E-state index contributed by atoms with van der Waals surface area (Å²) < 4.78 is 4.87. The van der Waals surface area contributed by atoms with Crippen LogP contribution < -0.4 is 10.6 Å². The lowest BCUT2D eigenvalue weighted by Gasteiger charge is -2.10. The van der Waals surface area contributed by atoms with Gasteiger partial charge in [0.15, 0.2) is 0 Å². The molecule has 1 fully saturated rings. The maximum atomic E-state index is 11.3. The highest BCUT2D eigenvalue weighted by Crippen LogP contribution is 1.98. The Morgan fingerprint density at radius 1 is 1.69 bits per heavy atom. The molecule has 76 valence electrons. The van der Waals surface area contributed by atoms with Crippen molar-refractivity contribution in [1.29, 1.82) is 0 Å². The molecule has 0 unspecified atom stereocenters. The Labute approximate surface area is 79.0 Å². The highest BCUT2D eigenvalue weighted by molar-refractivity contribution is 5.76. The molecule has 0 aromatic rings. The summed E-state index contributed by atoms with van der Waals surface area (Å²) >= 11 is 0. The van der Waals surface area contributed by atoms with E-state index < -0.39 is 0 Å². The van der Waals surface area contributed by atoms with E-state index in [0.717, 1.165) is 25.9 Å². The van der Waals surface area contributed by atoms with E-state index in [1.54, 1.807) is 7.11 Å². The van der Waals surface area contributed by atoms with Crippen molar-refractivity contribution in [1.82, 2.24) is 10.6 Å². The molecule has 1 aliphatic heterocycles. The van der Waals surface area contributed by atoms with Gasteiger partial charge in [0.1, 0.15) is 0 Å². The number of carbonyl (C=O) groups is 1. The Kier molecular flexibility index (Phi) is 4.78. The van der Waals surface area contributed by atoms with Crippen LogP contribution in [0.1, 0.15) is 19.3 Å². The van der Waals surface area contributed by atoms with Gasteiger partial charge >= 0.3 is 0 Å². The number of rotatable bonds is 5. The van der Waals surface area contributed by atoms with Gasteiger partial charge in [0.05, 0.1) is 0 Å². The zero-order valence-electron chi connectivity index (χ0n) is 8.14. The maximum absolute atomic E-state index is 11.3.